The fourth-order valence-electron chi connectivity index (χ4n) is 24.2. The van der Waals surface area contributed by atoms with Crippen molar-refractivity contribution in [1.29, 1.82) is 0 Å². The SMILES string of the molecule is C[C@@H]1C(=O)/C(=C\O)C[C@]2(C)c3nc(-c4ccccc4)ncc3CC[C@@H]12.C[C@@H]1C(=O)CC[C@]2(C)c3nc(-c4ccccc4)ncc3CC[C@@H]12.C[C@@H]1c2oncc2C[C@]2(C)c3nc(-c4ccccc4)ncc3CC[C@@H]12.C[C@H]1[C@@H]2CC/C(=C\O)C(=O)[C@@]2(C)CCC12OCCO2.C[C@H]1[C@@H]2CCc3cnc(-c4ccccc4)nc3[C@@]2(C)CCC12OCCO2. The Morgan fingerprint density at radius 3 is 1.14 bits per heavy atom. The number of benzene rings is 4. The Hall–Kier alpha value is -9.66. The maximum Gasteiger partial charge on any atom is 0.171 e. The summed E-state index contributed by atoms with van der Waals surface area (Å²) in [5.74, 6) is 7.06. The Balaban J connectivity index is 0.000000106. The third kappa shape index (κ3) is 14.1. The number of fused-ring (bicyclic) bond motifs is 14. The lowest BCUT2D eigenvalue weighted by Gasteiger charge is -2.54. The van der Waals surface area contributed by atoms with E-state index in [1.54, 1.807) is 0 Å². The van der Waals surface area contributed by atoms with Gasteiger partial charge >= 0.3 is 0 Å². The summed E-state index contributed by atoms with van der Waals surface area (Å²) in [4.78, 5) is 75.7. The summed E-state index contributed by atoms with van der Waals surface area (Å²) in [5.41, 5.74) is 15.8. The van der Waals surface area contributed by atoms with E-state index in [9.17, 15) is 24.6 Å². The number of rotatable bonds is 4. The van der Waals surface area contributed by atoms with Crippen LogP contribution in [0.5, 0.6) is 0 Å². The molecule has 118 heavy (non-hydrogen) atoms. The highest BCUT2D eigenvalue weighted by atomic mass is 16.7. The predicted octanol–water partition coefficient (Wildman–Crippen LogP) is 19.0. The molecule has 2 spiro atoms. The lowest BCUT2D eigenvalue weighted by Crippen LogP contribution is -2.56. The molecule has 2 saturated heterocycles. The molecule has 7 heterocycles. The second-order valence-electron chi connectivity index (χ2n) is 37.0. The van der Waals surface area contributed by atoms with Gasteiger partial charge in [-0.2, -0.15) is 0 Å². The van der Waals surface area contributed by atoms with E-state index >= 15 is 0 Å². The first-order chi connectivity index (χ1) is 57.0. The molecule has 10 aliphatic carbocycles. The van der Waals surface area contributed by atoms with Gasteiger partial charge in [0.15, 0.2) is 46.4 Å². The Morgan fingerprint density at radius 1 is 0.364 bits per heavy atom. The van der Waals surface area contributed by atoms with Crippen molar-refractivity contribution >= 4 is 17.3 Å². The number of hydrogen-bond donors (Lipinski definition) is 2. The lowest BCUT2D eigenvalue weighted by molar-refractivity contribution is -0.241. The van der Waals surface area contributed by atoms with E-state index in [-0.39, 0.29) is 74.0 Å². The number of ether oxygens (including phenoxy) is 4. The second kappa shape index (κ2) is 32.1. The van der Waals surface area contributed by atoms with E-state index < -0.39 is 5.79 Å². The zero-order valence-electron chi connectivity index (χ0n) is 70.1. The molecule has 5 saturated carbocycles. The number of aryl methyl sites for hydroxylation is 4. The first kappa shape index (κ1) is 80.7. The summed E-state index contributed by atoms with van der Waals surface area (Å²) in [5, 5.41) is 22.8. The van der Waals surface area contributed by atoms with E-state index in [4.69, 9.17) is 43.4 Å². The largest absolute Gasteiger partial charge is 0.515 e. The number of carbonyl (C=O) groups is 3. The Labute approximate surface area is 693 Å². The summed E-state index contributed by atoms with van der Waals surface area (Å²) >= 11 is 0. The van der Waals surface area contributed by atoms with Crippen LogP contribution in [0.4, 0.5) is 0 Å². The molecule has 0 radical (unpaired) electrons. The van der Waals surface area contributed by atoms with Crippen molar-refractivity contribution in [3.05, 3.63) is 232 Å². The highest BCUT2D eigenvalue weighted by molar-refractivity contribution is 6.00. The fourth-order valence-corrected chi connectivity index (χ4v) is 24.2. The minimum atomic E-state index is -0.467. The quantitative estimate of drug-likeness (QED) is 0.123. The molecule has 2 N–H and O–H groups in total. The Kier molecular flexibility index (Phi) is 22.0. The molecule has 5 aromatic heterocycles. The average molecular weight is 1590 g/mol. The molecule has 0 amide bonds. The van der Waals surface area contributed by atoms with Gasteiger partial charge in [-0.05, 0) is 148 Å². The number of allylic oxidation sites excluding steroid dienone is 2. The van der Waals surface area contributed by atoms with Gasteiger partial charge in [0.2, 0.25) is 0 Å². The average Bonchev–Trinajstić information content (AvgIpc) is 1.10. The van der Waals surface area contributed by atoms with Crippen molar-refractivity contribution in [3.63, 3.8) is 0 Å². The lowest BCUT2D eigenvalue weighted by atomic mass is 9.54. The van der Waals surface area contributed by atoms with Crippen LogP contribution in [-0.2, 0) is 87.1 Å². The number of hydrogen-bond acceptors (Lipinski definition) is 19. The third-order valence-electron chi connectivity index (χ3n) is 30.9. The Bertz CT molecular complexity index is 5280. The zero-order valence-corrected chi connectivity index (χ0v) is 70.1. The third-order valence-corrected chi connectivity index (χ3v) is 30.9. The maximum absolute atomic E-state index is 12.6. The first-order valence-corrected chi connectivity index (χ1v) is 43.4. The molecule has 12 aliphatic rings. The van der Waals surface area contributed by atoms with Gasteiger partial charge in [-0.15, -0.1) is 0 Å². The van der Waals surface area contributed by atoms with Crippen LogP contribution < -0.4 is 0 Å². The highest BCUT2D eigenvalue weighted by Crippen LogP contribution is 2.60. The normalized spacial score (nSPS) is 32.1. The molecule has 0 unspecified atom stereocenters. The van der Waals surface area contributed by atoms with Crippen LogP contribution in [-0.4, -0.2) is 111 Å². The first-order valence-electron chi connectivity index (χ1n) is 43.4. The van der Waals surface area contributed by atoms with Crippen LogP contribution in [0.3, 0.4) is 0 Å². The smallest absolute Gasteiger partial charge is 0.171 e. The van der Waals surface area contributed by atoms with Crippen molar-refractivity contribution in [1.82, 2.24) is 45.0 Å². The van der Waals surface area contributed by atoms with Crippen molar-refractivity contribution in [2.45, 2.75) is 224 Å². The monoisotopic (exact) mass is 1590 g/mol. The minimum absolute atomic E-state index is 0.00732. The number of ketones is 3. The van der Waals surface area contributed by atoms with E-state index in [2.05, 4.69) is 123 Å². The standard InChI is InChI=1S/C22H26N2O2.C21H21N3O.C21H22N2O2.C20H22N2O.C15H22O4/c1-15-18-9-8-17-14-23-20(16-6-4-3-5-7-16)24-19(17)21(18,2)10-11-22(15)25-12-13-26-22;1-13-17-9-8-15-11-22-20(14-6-4-3-5-7-14)24-19(15)21(17,2)10-16-12-23-25-18(13)16;1-13-17-9-8-15-11-22-20(14-6-4-3-5-7-14)23-19(15)21(17,2)10-16(12-24)18(13)25;1-13-16-9-8-15-12-21-19(14-6-4-3-5-7-14)22-18(15)20(16,2)11-10-17(13)23;1-10-12-4-3-11(9-16)13(17)14(12,2)5-6-15(10)18-7-8-19-15/h3-7,14-15,18H,8-13H2,1-2H3;3-7,11-13,17H,8-10H2,1-2H3;3-7,11-13,17,24H,8-10H2,1-2H3;3-7,12-13,16H,8-11H2,1-2H3;9-10,12,16H,3-8H2,1-2H3/b;;16-12-;;11-9+/t15-,18-,21-;2*13-,17-,21-;13-,16-,20-;10-,12-,14-/m00000/s1. The van der Waals surface area contributed by atoms with Crippen LogP contribution in [0.15, 0.2) is 181 Å². The molecule has 0 bridgehead atoms. The molecule has 19 nitrogen and oxygen atoms in total. The number of Topliss-reactive ketones (excluding diaryl/α,β-unsaturated/α-hetero) is 3. The summed E-state index contributed by atoms with van der Waals surface area (Å²) in [7, 11) is 0. The Morgan fingerprint density at radius 2 is 0.720 bits per heavy atom. The van der Waals surface area contributed by atoms with Crippen molar-refractivity contribution in [2.75, 3.05) is 26.4 Å². The van der Waals surface area contributed by atoms with Gasteiger partial charge in [-0.3, -0.25) is 14.4 Å². The molecule has 4 aromatic carbocycles. The molecule has 21 rings (SSSR count). The van der Waals surface area contributed by atoms with Crippen LogP contribution in [0, 0.1) is 58.7 Å². The number of aliphatic hydroxyl groups is 2. The van der Waals surface area contributed by atoms with E-state index in [0.29, 0.717) is 79.0 Å². The van der Waals surface area contributed by atoms with Crippen molar-refractivity contribution in [2.24, 2.45) is 58.7 Å². The number of nitrogens with zero attached hydrogens (tertiary/aromatic N) is 9. The van der Waals surface area contributed by atoms with Crippen LogP contribution >= 0.6 is 0 Å². The van der Waals surface area contributed by atoms with Gasteiger partial charge in [0.05, 0.1) is 67.9 Å². The molecular formula is C99H113N9O10. The van der Waals surface area contributed by atoms with Crippen molar-refractivity contribution in [3.8, 4) is 45.6 Å². The van der Waals surface area contributed by atoms with E-state index in [1.807, 2.05) is 124 Å². The van der Waals surface area contributed by atoms with Crippen LogP contribution in [0.2, 0.25) is 0 Å². The van der Waals surface area contributed by atoms with Crippen molar-refractivity contribution < 1.29 is 48.1 Å². The fraction of sp³-hybridized carbons (Fsp3) is 0.495. The molecular weight excluding hydrogens is 1480 g/mol. The van der Waals surface area contributed by atoms with Gasteiger partial charge < -0.3 is 33.7 Å². The second-order valence-corrected chi connectivity index (χ2v) is 37.0. The minimum Gasteiger partial charge on any atom is -0.515 e. The van der Waals surface area contributed by atoms with Crippen LogP contribution in [0.1, 0.15) is 215 Å². The van der Waals surface area contributed by atoms with Crippen LogP contribution in [0.25, 0.3) is 45.6 Å². The molecule has 15 atom stereocenters. The van der Waals surface area contributed by atoms with Gasteiger partial charge in [-0.25, -0.2) is 39.9 Å². The summed E-state index contributed by atoms with van der Waals surface area (Å²) < 4.78 is 29.5. The molecule has 9 aromatic rings. The topological polar surface area (TPSA) is 258 Å². The van der Waals surface area contributed by atoms with Gasteiger partial charge in [0.1, 0.15) is 11.5 Å². The molecule has 614 valence electrons. The van der Waals surface area contributed by atoms with Gasteiger partial charge in [-0.1, -0.05) is 196 Å². The number of carbonyl (C=O) groups excluding carboxylic acids is 3. The molecule has 2 aliphatic heterocycles. The van der Waals surface area contributed by atoms with Gasteiger partial charge in [0.25, 0.3) is 0 Å². The highest BCUT2D eigenvalue weighted by Gasteiger charge is 2.61. The zero-order chi connectivity index (χ0) is 82.1. The van der Waals surface area contributed by atoms with E-state index in [1.165, 1.54) is 39.3 Å². The summed E-state index contributed by atoms with van der Waals surface area (Å²) in [6.07, 6.45) is 28.5. The summed E-state index contributed by atoms with van der Waals surface area (Å²) in [6.45, 7) is 24.9. The molecule has 19 heteroatoms. The summed E-state index contributed by atoms with van der Waals surface area (Å²) in [6, 6.07) is 40.7. The number of aromatic nitrogens is 9. The van der Waals surface area contributed by atoms with Gasteiger partial charge in [0, 0.05) is 140 Å². The number of aliphatic hydroxyl groups excluding tert-OH is 2. The molecule has 7 fully saturated rings. The predicted molar refractivity (Wildman–Crippen MR) is 451 cm³/mol. The maximum atomic E-state index is 12.6. The van der Waals surface area contributed by atoms with E-state index in [0.717, 1.165) is 185 Å².